The summed E-state index contributed by atoms with van der Waals surface area (Å²) in [5.41, 5.74) is 1.33. The van der Waals surface area contributed by atoms with Gasteiger partial charge in [0.15, 0.2) is 5.78 Å². The van der Waals surface area contributed by atoms with E-state index in [2.05, 4.69) is 6.07 Å². The van der Waals surface area contributed by atoms with Gasteiger partial charge in [-0.3, -0.25) is 14.4 Å². The van der Waals surface area contributed by atoms with Gasteiger partial charge in [-0.1, -0.05) is 24.3 Å². The highest BCUT2D eigenvalue weighted by atomic mass is 16.5. The van der Waals surface area contributed by atoms with Crippen LogP contribution in [0.2, 0.25) is 0 Å². The molecule has 0 saturated carbocycles. The lowest BCUT2D eigenvalue weighted by Crippen LogP contribution is -2.43. The number of ketones is 1. The summed E-state index contributed by atoms with van der Waals surface area (Å²) in [5.74, 6) is -0.735. The van der Waals surface area contributed by atoms with Gasteiger partial charge in [0.05, 0.1) is 47.0 Å². The molecule has 3 heterocycles. The van der Waals surface area contributed by atoms with Crippen molar-refractivity contribution in [3.63, 3.8) is 0 Å². The van der Waals surface area contributed by atoms with Gasteiger partial charge < -0.3 is 9.47 Å². The summed E-state index contributed by atoms with van der Waals surface area (Å²) in [6, 6.07) is 18.5. The Morgan fingerprint density at radius 2 is 1.79 bits per heavy atom. The fraction of sp³-hybridized carbons (Fsp3) is 0.355. The molecule has 3 saturated heterocycles. The lowest BCUT2D eigenvalue weighted by atomic mass is 9.67. The number of anilines is 1. The Morgan fingerprint density at radius 1 is 1.00 bits per heavy atom. The van der Waals surface area contributed by atoms with Crippen molar-refractivity contribution in [1.29, 1.82) is 5.26 Å². The van der Waals surface area contributed by atoms with E-state index in [0.717, 1.165) is 22.9 Å². The van der Waals surface area contributed by atoms with Crippen LogP contribution in [0, 0.1) is 23.2 Å². The van der Waals surface area contributed by atoms with Crippen LogP contribution in [-0.4, -0.2) is 35.4 Å². The largest absolute Gasteiger partial charge is 0.493 e. The summed E-state index contributed by atoms with van der Waals surface area (Å²) in [6.45, 7) is 2.29. The van der Waals surface area contributed by atoms with E-state index >= 15 is 0 Å². The average Bonchev–Trinajstić information content (AvgIpc) is 3.62. The number of hydrogen-bond acceptors (Lipinski definition) is 6. The third-order valence-electron chi connectivity index (χ3n) is 9.07. The summed E-state index contributed by atoms with van der Waals surface area (Å²) < 4.78 is 12.6. The van der Waals surface area contributed by atoms with E-state index in [1.54, 1.807) is 12.1 Å². The van der Waals surface area contributed by atoms with Crippen LogP contribution in [0.3, 0.4) is 0 Å². The van der Waals surface area contributed by atoms with Crippen molar-refractivity contribution in [1.82, 2.24) is 0 Å². The van der Waals surface area contributed by atoms with Crippen molar-refractivity contribution in [3.8, 4) is 11.8 Å². The van der Waals surface area contributed by atoms with Crippen molar-refractivity contribution in [2.45, 2.75) is 50.2 Å². The molecule has 3 aromatic carbocycles. The predicted octanol–water partition coefficient (Wildman–Crippen LogP) is 4.74. The summed E-state index contributed by atoms with van der Waals surface area (Å²) in [4.78, 5) is 41.2. The molecule has 2 bridgehead atoms. The van der Waals surface area contributed by atoms with E-state index in [-0.39, 0.29) is 17.6 Å². The monoisotopic (exact) mass is 506 g/mol. The fourth-order valence-electron chi connectivity index (χ4n) is 7.29. The Morgan fingerprint density at radius 3 is 2.61 bits per heavy atom. The van der Waals surface area contributed by atoms with Crippen LogP contribution >= 0.6 is 0 Å². The highest BCUT2D eigenvalue weighted by molar-refractivity contribution is 6.26. The first kappa shape index (κ1) is 23.1. The minimum atomic E-state index is -0.768. The lowest BCUT2D eigenvalue weighted by molar-refractivity contribution is -0.131. The number of aryl methyl sites for hydroxylation is 1. The van der Waals surface area contributed by atoms with Gasteiger partial charge >= 0.3 is 0 Å². The zero-order chi connectivity index (χ0) is 26.2. The van der Waals surface area contributed by atoms with Crippen LogP contribution in [0.15, 0.2) is 54.6 Å². The predicted molar refractivity (Wildman–Crippen MR) is 139 cm³/mol. The molecule has 0 aromatic heterocycles. The van der Waals surface area contributed by atoms with Gasteiger partial charge in [-0.25, -0.2) is 4.90 Å². The van der Waals surface area contributed by atoms with Crippen molar-refractivity contribution in [2.24, 2.45) is 11.8 Å². The number of rotatable bonds is 5. The van der Waals surface area contributed by atoms with Crippen LogP contribution in [-0.2, 0) is 20.7 Å². The van der Waals surface area contributed by atoms with E-state index in [9.17, 15) is 19.6 Å². The Balaban J connectivity index is 1.18. The summed E-state index contributed by atoms with van der Waals surface area (Å²) >= 11 is 0. The molecule has 38 heavy (non-hydrogen) atoms. The highest BCUT2D eigenvalue weighted by Crippen LogP contribution is 2.62. The zero-order valence-corrected chi connectivity index (χ0v) is 21.0. The van der Waals surface area contributed by atoms with Crippen molar-refractivity contribution in [3.05, 3.63) is 71.3 Å². The Hall–Kier alpha value is -4.02. The third-order valence-corrected chi connectivity index (χ3v) is 9.07. The third kappa shape index (κ3) is 3.07. The summed E-state index contributed by atoms with van der Waals surface area (Å²) in [6.07, 6.45) is 3.15. The molecular weight excluding hydrogens is 480 g/mol. The molecule has 1 aliphatic carbocycles. The number of carbonyl (C=O) groups excluding carboxylic acids is 3. The van der Waals surface area contributed by atoms with Gasteiger partial charge in [-0.2, -0.15) is 5.26 Å². The SMILES string of the molecule is C[C@]12CC[C@](CCOc3ccc4c(c3)CCC4=O)(O1)[C@@H]1C(=O)N(c3ccc(C#N)c4ccccc34)C(=O)[C@@H]12. The summed E-state index contributed by atoms with van der Waals surface area (Å²) in [5, 5.41) is 11.0. The Labute approximate surface area is 219 Å². The number of nitriles is 1. The van der Waals surface area contributed by atoms with Crippen LogP contribution in [0.1, 0.15) is 54.1 Å². The maximum absolute atomic E-state index is 14.0. The molecule has 7 nitrogen and oxygen atoms in total. The molecule has 3 aliphatic heterocycles. The maximum atomic E-state index is 14.0. The number of imide groups is 1. The Bertz CT molecular complexity index is 1610. The van der Waals surface area contributed by atoms with Gasteiger partial charge in [-0.15, -0.1) is 0 Å². The fourth-order valence-corrected chi connectivity index (χ4v) is 7.29. The van der Waals surface area contributed by atoms with Crippen LogP contribution in [0.25, 0.3) is 10.8 Å². The molecule has 0 spiro atoms. The first-order valence-electron chi connectivity index (χ1n) is 13.1. The summed E-state index contributed by atoms with van der Waals surface area (Å²) in [7, 11) is 0. The van der Waals surface area contributed by atoms with Gasteiger partial charge in [0.25, 0.3) is 0 Å². The molecule has 0 N–H and O–H groups in total. The number of hydrogen-bond donors (Lipinski definition) is 0. The number of ether oxygens (including phenoxy) is 2. The van der Waals surface area contributed by atoms with E-state index in [1.807, 2.05) is 49.4 Å². The van der Waals surface area contributed by atoms with E-state index in [1.165, 1.54) is 4.90 Å². The maximum Gasteiger partial charge on any atom is 0.240 e. The first-order valence-corrected chi connectivity index (χ1v) is 13.1. The second-order valence-electron chi connectivity index (χ2n) is 11.1. The smallest absolute Gasteiger partial charge is 0.240 e. The van der Waals surface area contributed by atoms with Crippen LogP contribution in [0.4, 0.5) is 5.69 Å². The molecule has 2 amide bonds. The molecule has 7 heteroatoms. The molecular formula is C31H26N2O5. The number of nitrogens with zero attached hydrogens (tertiary/aromatic N) is 2. The molecule has 0 radical (unpaired) electrons. The quantitative estimate of drug-likeness (QED) is 0.464. The highest BCUT2D eigenvalue weighted by Gasteiger charge is 2.73. The Kier molecular flexibility index (Phi) is 4.86. The van der Waals surface area contributed by atoms with E-state index < -0.39 is 23.0 Å². The van der Waals surface area contributed by atoms with Crippen molar-refractivity contribution >= 4 is 34.1 Å². The minimum Gasteiger partial charge on any atom is -0.493 e. The van der Waals surface area contributed by atoms with Gasteiger partial charge in [0.2, 0.25) is 11.8 Å². The van der Waals surface area contributed by atoms with Gasteiger partial charge in [0, 0.05) is 29.2 Å². The standard InChI is InChI=1S/C31H26N2O5/c1-30-12-13-31(38-30,14-15-37-20-8-9-22-18(16-20)7-11-25(22)34)27-26(30)28(35)33(29(27)36)24-10-6-19(17-32)21-4-2-3-5-23(21)24/h2-6,8-10,16,26-27H,7,11-15H2,1H3/t26-,27+,30-,31-/m1/s1. The van der Waals surface area contributed by atoms with Crippen LogP contribution < -0.4 is 9.64 Å². The second-order valence-corrected chi connectivity index (χ2v) is 11.1. The average molecular weight is 507 g/mol. The van der Waals surface area contributed by atoms with Crippen molar-refractivity contribution in [2.75, 3.05) is 11.5 Å². The number of amides is 2. The van der Waals surface area contributed by atoms with Crippen LogP contribution in [0.5, 0.6) is 5.75 Å². The molecule has 0 unspecified atom stereocenters. The molecule has 7 rings (SSSR count). The van der Waals surface area contributed by atoms with Crippen molar-refractivity contribution < 1.29 is 23.9 Å². The number of Topliss-reactive ketones (excluding diaryl/α,β-unsaturated/α-hetero) is 1. The lowest BCUT2D eigenvalue weighted by Gasteiger charge is -2.31. The number of fused-ring (bicyclic) bond motifs is 7. The van der Waals surface area contributed by atoms with Gasteiger partial charge in [-0.05, 0) is 62.1 Å². The zero-order valence-electron chi connectivity index (χ0n) is 21.0. The normalized spacial score (nSPS) is 29.2. The minimum absolute atomic E-state index is 0.171. The molecule has 4 aliphatic rings. The molecule has 190 valence electrons. The topological polar surface area (TPSA) is 96.7 Å². The number of carbonyl (C=O) groups is 3. The van der Waals surface area contributed by atoms with Gasteiger partial charge in [0.1, 0.15) is 5.75 Å². The molecule has 3 aromatic rings. The first-order chi connectivity index (χ1) is 18.3. The molecule has 4 atom stereocenters. The molecule has 3 fully saturated rings. The van der Waals surface area contributed by atoms with E-state index in [4.69, 9.17) is 9.47 Å². The number of benzene rings is 3. The van der Waals surface area contributed by atoms with E-state index in [0.29, 0.717) is 54.7 Å². The second kappa shape index (κ2) is 7.99.